The van der Waals surface area contributed by atoms with Crippen molar-refractivity contribution in [3.8, 4) is 17.2 Å². The minimum Gasteiger partial charge on any atom is -0.492 e. The number of benzene rings is 3. The van der Waals surface area contributed by atoms with Crippen molar-refractivity contribution in [2.45, 2.75) is 26.4 Å². The number of hydrogen-bond acceptors (Lipinski definition) is 4. The molecule has 3 aromatic carbocycles. The molecule has 0 saturated carbocycles. The predicted molar refractivity (Wildman–Crippen MR) is 130 cm³/mol. The maximum atomic E-state index is 13.8. The van der Waals surface area contributed by atoms with Gasteiger partial charge in [0, 0.05) is 35.8 Å². The van der Waals surface area contributed by atoms with Crippen molar-refractivity contribution < 1.29 is 19.0 Å². The van der Waals surface area contributed by atoms with Crippen LogP contribution in [0.25, 0.3) is 10.9 Å². The van der Waals surface area contributed by atoms with E-state index in [1.165, 1.54) is 11.1 Å². The molecule has 1 aromatic heterocycles. The molecule has 0 fully saturated rings. The van der Waals surface area contributed by atoms with Crippen molar-refractivity contribution in [1.82, 2.24) is 9.47 Å². The normalized spacial score (nSPS) is 14.4. The van der Waals surface area contributed by atoms with Crippen molar-refractivity contribution in [3.63, 3.8) is 0 Å². The average molecular weight is 455 g/mol. The van der Waals surface area contributed by atoms with Crippen LogP contribution in [-0.2, 0) is 19.5 Å². The number of fused-ring (bicyclic) bond motifs is 3. The molecule has 0 unspecified atom stereocenters. The highest BCUT2D eigenvalue weighted by Gasteiger charge is 2.31. The molecule has 0 radical (unpaired) electrons. The summed E-state index contributed by atoms with van der Waals surface area (Å²) in [6.07, 6.45) is 2.75. The van der Waals surface area contributed by atoms with Gasteiger partial charge in [-0.1, -0.05) is 48.0 Å². The molecule has 4 aromatic rings. The van der Waals surface area contributed by atoms with Gasteiger partial charge in [0.1, 0.15) is 0 Å². The number of hydrogen-bond donors (Lipinski definition) is 0. The van der Waals surface area contributed by atoms with Crippen LogP contribution < -0.4 is 14.2 Å². The highest BCUT2D eigenvalue weighted by atomic mass is 16.7. The third-order valence-corrected chi connectivity index (χ3v) is 6.76. The Bertz CT molecular complexity index is 1420. The maximum absolute atomic E-state index is 13.8. The summed E-state index contributed by atoms with van der Waals surface area (Å²) in [4.78, 5) is 15.7. The van der Waals surface area contributed by atoms with Crippen LogP contribution >= 0.6 is 0 Å². The lowest BCUT2D eigenvalue weighted by molar-refractivity contribution is 0.0734. The number of aromatic nitrogens is 1. The van der Waals surface area contributed by atoms with E-state index in [2.05, 4.69) is 41.8 Å². The highest BCUT2D eigenvalue weighted by Crippen LogP contribution is 2.46. The van der Waals surface area contributed by atoms with Crippen molar-refractivity contribution in [2.75, 3.05) is 20.4 Å². The zero-order valence-corrected chi connectivity index (χ0v) is 19.3. The summed E-state index contributed by atoms with van der Waals surface area (Å²) < 4.78 is 19.1. The summed E-state index contributed by atoms with van der Waals surface area (Å²) in [6.45, 7) is 4.13. The van der Waals surface area contributed by atoms with Gasteiger partial charge in [-0.05, 0) is 36.6 Å². The molecular formula is C28H26N2O4. The van der Waals surface area contributed by atoms with E-state index in [0.717, 1.165) is 46.3 Å². The molecule has 6 nitrogen and oxygen atoms in total. The van der Waals surface area contributed by atoms with Crippen LogP contribution in [0.1, 0.15) is 32.6 Å². The average Bonchev–Trinajstić information content (AvgIpc) is 3.46. The largest absolute Gasteiger partial charge is 0.492 e. The monoisotopic (exact) mass is 454 g/mol. The topological polar surface area (TPSA) is 52.9 Å². The van der Waals surface area contributed by atoms with Crippen LogP contribution in [0.5, 0.6) is 17.2 Å². The number of nitrogens with zero attached hydrogens (tertiary/aromatic N) is 2. The van der Waals surface area contributed by atoms with Crippen LogP contribution in [0.3, 0.4) is 0 Å². The number of methoxy groups -OCH3 is 1. The molecule has 172 valence electrons. The van der Waals surface area contributed by atoms with Gasteiger partial charge < -0.3 is 23.7 Å². The number of para-hydroxylation sites is 1. The minimum atomic E-state index is 0.0320. The first-order chi connectivity index (χ1) is 16.6. The quantitative estimate of drug-likeness (QED) is 0.439. The lowest BCUT2D eigenvalue weighted by Crippen LogP contribution is -2.36. The van der Waals surface area contributed by atoms with E-state index >= 15 is 0 Å². The van der Waals surface area contributed by atoms with E-state index in [0.29, 0.717) is 24.6 Å². The number of amides is 1. The Balaban J connectivity index is 1.35. The third kappa shape index (κ3) is 3.37. The molecule has 6 heteroatoms. The summed E-state index contributed by atoms with van der Waals surface area (Å²) in [5, 5.41) is 0.976. The predicted octanol–water partition coefficient (Wildman–Crippen LogP) is 4.93. The second-order valence-corrected chi connectivity index (χ2v) is 8.93. The summed E-state index contributed by atoms with van der Waals surface area (Å²) in [5.41, 5.74) is 6.37. The van der Waals surface area contributed by atoms with Crippen molar-refractivity contribution >= 4 is 16.8 Å². The van der Waals surface area contributed by atoms with Gasteiger partial charge in [0.15, 0.2) is 11.5 Å². The molecule has 0 spiro atoms. The molecule has 0 atom stereocenters. The van der Waals surface area contributed by atoms with E-state index < -0.39 is 0 Å². The first-order valence-electron chi connectivity index (χ1n) is 11.5. The van der Waals surface area contributed by atoms with Crippen LogP contribution in [0.4, 0.5) is 0 Å². The van der Waals surface area contributed by atoms with Gasteiger partial charge in [-0.25, -0.2) is 0 Å². The molecule has 0 bridgehead atoms. The van der Waals surface area contributed by atoms with Gasteiger partial charge in [-0.2, -0.15) is 0 Å². The Morgan fingerprint density at radius 1 is 1.09 bits per heavy atom. The summed E-state index contributed by atoms with van der Waals surface area (Å²) in [7, 11) is 1.64. The molecule has 2 aliphatic heterocycles. The summed E-state index contributed by atoms with van der Waals surface area (Å²) in [6, 6.07) is 18.6. The number of ether oxygens (including phenoxy) is 3. The first-order valence-corrected chi connectivity index (χ1v) is 11.5. The van der Waals surface area contributed by atoms with E-state index in [9.17, 15) is 4.79 Å². The number of rotatable bonds is 4. The first kappa shape index (κ1) is 20.7. The molecule has 0 aliphatic carbocycles. The fourth-order valence-corrected chi connectivity index (χ4v) is 5.14. The van der Waals surface area contributed by atoms with Gasteiger partial charge in [-0.15, -0.1) is 0 Å². The van der Waals surface area contributed by atoms with E-state index in [-0.39, 0.29) is 12.7 Å². The third-order valence-electron chi connectivity index (χ3n) is 6.76. The summed E-state index contributed by atoms with van der Waals surface area (Å²) in [5.74, 6) is 2.05. The van der Waals surface area contributed by atoms with Crippen molar-refractivity contribution in [2.24, 2.45) is 0 Å². The van der Waals surface area contributed by atoms with Crippen molar-refractivity contribution in [3.05, 3.63) is 88.6 Å². The van der Waals surface area contributed by atoms with Crippen LogP contribution in [0.15, 0.2) is 60.8 Å². The Labute approximate surface area is 198 Å². The molecular weight excluding hydrogens is 428 g/mol. The van der Waals surface area contributed by atoms with Gasteiger partial charge in [-0.3, -0.25) is 4.79 Å². The van der Waals surface area contributed by atoms with E-state index in [4.69, 9.17) is 14.2 Å². The lowest BCUT2D eigenvalue weighted by Gasteiger charge is -2.30. The lowest BCUT2D eigenvalue weighted by atomic mass is 9.97. The van der Waals surface area contributed by atoms with Gasteiger partial charge in [0.05, 0.1) is 19.2 Å². The molecule has 34 heavy (non-hydrogen) atoms. The van der Waals surface area contributed by atoms with Crippen LogP contribution in [0.2, 0.25) is 0 Å². The zero-order valence-electron chi connectivity index (χ0n) is 19.3. The molecule has 3 heterocycles. The molecule has 1 amide bonds. The second kappa shape index (κ2) is 8.13. The van der Waals surface area contributed by atoms with E-state index in [1.54, 1.807) is 7.11 Å². The van der Waals surface area contributed by atoms with Crippen molar-refractivity contribution in [1.29, 1.82) is 0 Å². The molecule has 0 N–H and O–H groups in total. The standard InChI is InChI=1S/C28H26N2O4/c1-18-6-5-7-19(12-18)14-30-16-23(21-8-3-4-9-24(21)30)28(31)29-11-10-20-13-25-27(34-17-33-25)26(32-2)22(20)15-29/h3-9,12-13,16H,10-11,14-15,17H2,1-2H3. The Morgan fingerprint density at radius 2 is 1.97 bits per heavy atom. The molecule has 6 rings (SSSR count). The Hall–Kier alpha value is -3.93. The minimum absolute atomic E-state index is 0.0320. The van der Waals surface area contributed by atoms with Crippen LogP contribution in [-0.4, -0.2) is 35.8 Å². The zero-order chi connectivity index (χ0) is 23.2. The Kier molecular flexibility index (Phi) is 4.94. The fourth-order valence-electron chi connectivity index (χ4n) is 5.14. The van der Waals surface area contributed by atoms with E-state index in [1.807, 2.05) is 35.4 Å². The SMILES string of the molecule is COc1c2c(cc3c1OCO3)CCN(C(=O)c1cn(Cc3cccc(C)c3)c3ccccc13)C2. The summed E-state index contributed by atoms with van der Waals surface area (Å²) >= 11 is 0. The van der Waals surface area contributed by atoms with Gasteiger partial charge in [0.25, 0.3) is 5.91 Å². The fraction of sp³-hybridized carbons (Fsp3) is 0.250. The second-order valence-electron chi connectivity index (χ2n) is 8.93. The Morgan fingerprint density at radius 3 is 2.82 bits per heavy atom. The maximum Gasteiger partial charge on any atom is 0.256 e. The molecule has 0 saturated heterocycles. The van der Waals surface area contributed by atoms with Gasteiger partial charge in [0.2, 0.25) is 12.5 Å². The molecule has 2 aliphatic rings. The smallest absolute Gasteiger partial charge is 0.256 e. The highest BCUT2D eigenvalue weighted by molar-refractivity contribution is 6.07. The van der Waals surface area contributed by atoms with Crippen LogP contribution in [0, 0.1) is 6.92 Å². The number of carbonyl (C=O) groups is 1. The number of aryl methyl sites for hydroxylation is 1. The number of carbonyl (C=O) groups excluding carboxylic acids is 1. The van der Waals surface area contributed by atoms with Gasteiger partial charge >= 0.3 is 0 Å².